The monoisotopic (exact) mass is 292 g/mol. The molecule has 0 amide bonds. The topological polar surface area (TPSA) is 34.0 Å². The molecule has 0 heterocycles. The van der Waals surface area contributed by atoms with E-state index in [1.807, 2.05) is 24.3 Å². The van der Waals surface area contributed by atoms with E-state index in [1.54, 1.807) is 18.5 Å². The van der Waals surface area contributed by atoms with Crippen molar-refractivity contribution in [2.45, 2.75) is 13.8 Å². The maximum absolute atomic E-state index is 5.42. The highest BCUT2D eigenvalue weighted by atomic mass is 16.5. The van der Waals surface area contributed by atoms with Crippen molar-refractivity contribution in [3.05, 3.63) is 77.4 Å². The van der Waals surface area contributed by atoms with Crippen LogP contribution >= 0.6 is 0 Å². The van der Waals surface area contributed by atoms with Gasteiger partial charge in [0.05, 0.1) is 12.4 Å². The van der Waals surface area contributed by atoms with Gasteiger partial charge in [0.25, 0.3) is 0 Å². The van der Waals surface area contributed by atoms with E-state index in [1.165, 1.54) is 11.1 Å². The third kappa shape index (κ3) is 4.70. The second-order valence-electron chi connectivity index (χ2n) is 5.02. The van der Waals surface area contributed by atoms with E-state index in [0.29, 0.717) is 6.61 Å². The van der Waals surface area contributed by atoms with Gasteiger partial charge in [-0.1, -0.05) is 36.4 Å². The van der Waals surface area contributed by atoms with Gasteiger partial charge in [0.2, 0.25) is 0 Å². The van der Waals surface area contributed by atoms with Crippen LogP contribution in [-0.4, -0.2) is 19.0 Å². The quantitative estimate of drug-likeness (QED) is 0.443. The summed E-state index contributed by atoms with van der Waals surface area (Å²) in [4.78, 5) is 0. The van der Waals surface area contributed by atoms with Gasteiger partial charge in [-0.05, 0) is 54.8 Å². The maximum atomic E-state index is 5.42. The van der Waals surface area contributed by atoms with Gasteiger partial charge in [0.15, 0.2) is 0 Å². The van der Waals surface area contributed by atoms with Crippen LogP contribution in [0.1, 0.15) is 22.3 Å². The Labute approximate surface area is 131 Å². The minimum atomic E-state index is 0.508. The third-order valence-corrected chi connectivity index (χ3v) is 3.14. The van der Waals surface area contributed by atoms with Crippen LogP contribution in [0.25, 0.3) is 0 Å². The molecular weight excluding hydrogens is 272 g/mol. The number of ether oxygens (including phenoxy) is 1. The molecule has 0 saturated heterocycles. The summed E-state index contributed by atoms with van der Waals surface area (Å²) in [6, 6.07) is 13.9. The second kappa shape index (κ2) is 7.93. The summed E-state index contributed by atoms with van der Waals surface area (Å²) in [5, 5.41) is 8.18. The number of hydrogen-bond acceptors (Lipinski definition) is 3. The van der Waals surface area contributed by atoms with Crippen molar-refractivity contribution < 1.29 is 4.74 Å². The Balaban J connectivity index is 1.96. The van der Waals surface area contributed by atoms with Gasteiger partial charge in [-0.15, -0.1) is 0 Å². The standard InChI is InChI=1S/C19H20N2O/c1-4-11-22-19-9-6-17(7-10-19)13-20-21-14-18-8-5-15(2)12-16(18)3/h4-10,12-14H,1,11H2,2-3H3. The lowest BCUT2D eigenvalue weighted by atomic mass is 10.1. The Kier molecular flexibility index (Phi) is 5.66. The van der Waals surface area contributed by atoms with Crippen molar-refractivity contribution in [3.8, 4) is 5.75 Å². The van der Waals surface area contributed by atoms with Crippen molar-refractivity contribution in [1.82, 2.24) is 0 Å². The highest BCUT2D eigenvalue weighted by molar-refractivity contribution is 5.83. The van der Waals surface area contributed by atoms with E-state index >= 15 is 0 Å². The van der Waals surface area contributed by atoms with Crippen molar-refractivity contribution in [2.24, 2.45) is 10.2 Å². The van der Waals surface area contributed by atoms with E-state index in [9.17, 15) is 0 Å². The molecule has 2 aromatic rings. The molecule has 0 aliphatic carbocycles. The third-order valence-electron chi connectivity index (χ3n) is 3.14. The predicted molar refractivity (Wildman–Crippen MR) is 93.2 cm³/mol. The lowest BCUT2D eigenvalue weighted by molar-refractivity contribution is 0.363. The molecule has 0 fully saturated rings. The number of aryl methyl sites for hydroxylation is 2. The van der Waals surface area contributed by atoms with Crippen LogP contribution < -0.4 is 4.74 Å². The summed E-state index contributed by atoms with van der Waals surface area (Å²) in [7, 11) is 0. The molecule has 0 N–H and O–H groups in total. The Hall–Kier alpha value is -2.68. The smallest absolute Gasteiger partial charge is 0.119 e. The molecule has 3 heteroatoms. The summed E-state index contributed by atoms with van der Waals surface area (Å²) in [5.41, 5.74) is 4.50. The fourth-order valence-electron chi connectivity index (χ4n) is 1.97. The molecule has 0 aromatic heterocycles. The normalized spacial score (nSPS) is 11.2. The lowest BCUT2D eigenvalue weighted by Gasteiger charge is -2.02. The highest BCUT2D eigenvalue weighted by Gasteiger charge is 1.94. The molecule has 112 valence electrons. The van der Waals surface area contributed by atoms with Gasteiger partial charge < -0.3 is 4.74 Å². The van der Waals surface area contributed by atoms with Crippen LogP contribution in [0.5, 0.6) is 5.75 Å². The molecule has 22 heavy (non-hydrogen) atoms. The van der Waals surface area contributed by atoms with E-state index in [-0.39, 0.29) is 0 Å². The van der Waals surface area contributed by atoms with E-state index in [2.05, 4.69) is 48.8 Å². The van der Waals surface area contributed by atoms with Crippen molar-refractivity contribution in [2.75, 3.05) is 6.61 Å². The average molecular weight is 292 g/mol. The maximum Gasteiger partial charge on any atom is 0.119 e. The minimum absolute atomic E-state index is 0.508. The van der Waals surface area contributed by atoms with Gasteiger partial charge in [-0.2, -0.15) is 10.2 Å². The number of hydrogen-bond donors (Lipinski definition) is 0. The Morgan fingerprint density at radius 1 is 1.00 bits per heavy atom. The van der Waals surface area contributed by atoms with Gasteiger partial charge in [-0.3, -0.25) is 0 Å². The average Bonchev–Trinajstić information content (AvgIpc) is 2.52. The molecule has 3 nitrogen and oxygen atoms in total. The van der Waals surface area contributed by atoms with E-state index in [4.69, 9.17) is 4.74 Å². The largest absolute Gasteiger partial charge is 0.490 e. The van der Waals surface area contributed by atoms with Crippen molar-refractivity contribution in [1.29, 1.82) is 0 Å². The van der Waals surface area contributed by atoms with Gasteiger partial charge >= 0.3 is 0 Å². The molecule has 0 aliphatic rings. The molecule has 0 atom stereocenters. The van der Waals surface area contributed by atoms with E-state index in [0.717, 1.165) is 16.9 Å². The molecule has 0 unspecified atom stereocenters. The number of benzene rings is 2. The van der Waals surface area contributed by atoms with Crippen LogP contribution in [0, 0.1) is 13.8 Å². The van der Waals surface area contributed by atoms with Crippen LogP contribution in [-0.2, 0) is 0 Å². The van der Waals surface area contributed by atoms with Gasteiger partial charge in [0, 0.05) is 0 Å². The Morgan fingerprint density at radius 2 is 1.73 bits per heavy atom. The Morgan fingerprint density at radius 3 is 2.41 bits per heavy atom. The lowest BCUT2D eigenvalue weighted by Crippen LogP contribution is -1.92. The zero-order chi connectivity index (χ0) is 15.8. The first kappa shape index (κ1) is 15.7. The molecule has 0 spiro atoms. The minimum Gasteiger partial charge on any atom is -0.490 e. The van der Waals surface area contributed by atoms with Crippen LogP contribution in [0.2, 0.25) is 0 Å². The predicted octanol–water partition coefficient (Wildman–Crippen LogP) is 4.32. The van der Waals surface area contributed by atoms with Crippen molar-refractivity contribution in [3.63, 3.8) is 0 Å². The molecule has 2 aromatic carbocycles. The molecule has 2 rings (SSSR count). The zero-order valence-electron chi connectivity index (χ0n) is 13.0. The summed E-state index contributed by atoms with van der Waals surface area (Å²) in [6.07, 6.45) is 5.21. The first-order valence-electron chi connectivity index (χ1n) is 7.16. The SMILES string of the molecule is C=CCOc1ccc(C=NN=Cc2ccc(C)cc2C)cc1. The fourth-order valence-corrected chi connectivity index (χ4v) is 1.97. The molecule has 0 bridgehead atoms. The fraction of sp³-hybridized carbons (Fsp3) is 0.158. The summed E-state index contributed by atoms with van der Waals surface area (Å²) in [6.45, 7) is 8.27. The van der Waals surface area contributed by atoms with Crippen LogP contribution in [0.4, 0.5) is 0 Å². The summed E-state index contributed by atoms with van der Waals surface area (Å²) < 4.78 is 5.42. The van der Waals surface area contributed by atoms with Crippen LogP contribution in [0.15, 0.2) is 65.3 Å². The summed E-state index contributed by atoms with van der Waals surface area (Å²) >= 11 is 0. The first-order chi connectivity index (χ1) is 10.7. The van der Waals surface area contributed by atoms with Gasteiger partial charge in [0.1, 0.15) is 12.4 Å². The number of rotatable bonds is 6. The van der Waals surface area contributed by atoms with Crippen molar-refractivity contribution >= 4 is 12.4 Å². The zero-order valence-corrected chi connectivity index (χ0v) is 13.0. The first-order valence-corrected chi connectivity index (χ1v) is 7.16. The Bertz CT molecular complexity index is 685. The molecular formula is C19H20N2O. The molecule has 0 radical (unpaired) electrons. The summed E-state index contributed by atoms with van der Waals surface area (Å²) in [5.74, 6) is 0.816. The van der Waals surface area contributed by atoms with Crippen LogP contribution in [0.3, 0.4) is 0 Å². The number of nitrogens with zero attached hydrogens (tertiary/aromatic N) is 2. The highest BCUT2D eigenvalue weighted by Crippen LogP contribution is 2.11. The second-order valence-corrected chi connectivity index (χ2v) is 5.02. The molecule has 0 saturated carbocycles. The molecule has 0 aliphatic heterocycles. The van der Waals surface area contributed by atoms with E-state index < -0.39 is 0 Å². The van der Waals surface area contributed by atoms with Gasteiger partial charge in [-0.25, -0.2) is 0 Å².